The minimum atomic E-state index is -3.68. The van der Waals surface area contributed by atoms with E-state index in [9.17, 15) is 12.8 Å². The van der Waals surface area contributed by atoms with Gasteiger partial charge in [0, 0.05) is 25.3 Å². The molecule has 1 saturated heterocycles. The van der Waals surface area contributed by atoms with Crippen molar-refractivity contribution in [2.75, 3.05) is 19.6 Å². The van der Waals surface area contributed by atoms with Crippen LogP contribution in [-0.2, 0) is 10.0 Å². The van der Waals surface area contributed by atoms with Crippen LogP contribution in [0.25, 0.3) is 0 Å². The molecule has 21 heavy (non-hydrogen) atoms. The monoisotopic (exact) mass is 315 g/mol. The molecule has 0 radical (unpaired) electrons. The molecule has 0 bridgehead atoms. The Bertz CT molecular complexity index is 565. The summed E-state index contributed by atoms with van der Waals surface area (Å²) in [6, 6.07) is 0.964. The number of nitrogens with zero attached hydrogens (tertiary/aromatic N) is 2. The van der Waals surface area contributed by atoms with E-state index in [0.717, 1.165) is 44.5 Å². The lowest BCUT2D eigenvalue weighted by molar-refractivity contribution is 0.245. The lowest BCUT2D eigenvalue weighted by Gasteiger charge is -2.34. The van der Waals surface area contributed by atoms with Crippen LogP contribution in [-0.4, -0.2) is 43.4 Å². The van der Waals surface area contributed by atoms with E-state index in [1.807, 2.05) is 0 Å². The van der Waals surface area contributed by atoms with Gasteiger partial charge in [-0.25, -0.2) is 12.8 Å². The second-order valence-corrected chi connectivity index (χ2v) is 7.20. The number of hydrogen-bond acceptors (Lipinski definition) is 4. The van der Waals surface area contributed by atoms with Crippen molar-refractivity contribution in [2.45, 2.75) is 43.5 Å². The first-order valence-electron chi connectivity index (χ1n) is 7.39. The summed E-state index contributed by atoms with van der Waals surface area (Å²) in [5.41, 5.74) is 0. The van der Waals surface area contributed by atoms with Crippen molar-refractivity contribution < 1.29 is 12.8 Å². The molecular formula is C14H22FN3O2S. The third-order valence-corrected chi connectivity index (χ3v) is 5.58. The molecular weight excluding hydrogens is 293 g/mol. The SMILES string of the molecule is CCCNCC1CCCCN1S(=O)(=O)c1cncc(F)c1. The highest BCUT2D eigenvalue weighted by molar-refractivity contribution is 7.89. The first kappa shape index (κ1) is 16.3. The van der Waals surface area contributed by atoms with Crippen molar-refractivity contribution in [1.82, 2.24) is 14.6 Å². The van der Waals surface area contributed by atoms with Gasteiger partial charge in [-0.1, -0.05) is 13.3 Å². The van der Waals surface area contributed by atoms with Crippen molar-refractivity contribution in [1.29, 1.82) is 0 Å². The van der Waals surface area contributed by atoms with Crippen molar-refractivity contribution in [3.63, 3.8) is 0 Å². The van der Waals surface area contributed by atoms with E-state index in [1.165, 1.54) is 10.5 Å². The lowest BCUT2D eigenvalue weighted by Crippen LogP contribution is -2.48. The van der Waals surface area contributed by atoms with Crippen LogP contribution in [0.3, 0.4) is 0 Å². The third-order valence-electron chi connectivity index (χ3n) is 3.67. The van der Waals surface area contributed by atoms with Crippen molar-refractivity contribution in [2.24, 2.45) is 0 Å². The van der Waals surface area contributed by atoms with Gasteiger partial charge in [0.2, 0.25) is 10.0 Å². The Labute approximate surface area is 125 Å². The molecule has 2 rings (SSSR count). The molecule has 0 amide bonds. The van der Waals surface area contributed by atoms with Crippen LogP contribution in [0, 0.1) is 5.82 Å². The number of piperidine rings is 1. The van der Waals surface area contributed by atoms with Crippen LogP contribution in [0.15, 0.2) is 23.4 Å². The minimum Gasteiger partial charge on any atom is -0.315 e. The third kappa shape index (κ3) is 3.99. The zero-order chi connectivity index (χ0) is 15.3. The maximum atomic E-state index is 13.3. The summed E-state index contributed by atoms with van der Waals surface area (Å²) in [5.74, 6) is -0.631. The Morgan fingerprint density at radius 1 is 1.43 bits per heavy atom. The van der Waals surface area contributed by atoms with Crippen LogP contribution in [0.1, 0.15) is 32.6 Å². The fourth-order valence-electron chi connectivity index (χ4n) is 2.61. The van der Waals surface area contributed by atoms with E-state index in [2.05, 4.69) is 17.2 Å². The van der Waals surface area contributed by atoms with Gasteiger partial charge in [-0.3, -0.25) is 4.98 Å². The Hall–Kier alpha value is -1.05. The van der Waals surface area contributed by atoms with E-state index < -0.39 is 15.8 Å². The van der Waals surface area contributed by atoms with Gasteiger partial charge in [-0.2, -0.15) is 4.31 Å². The van der Waals surface area contributed by atoms with Gasteiger partial charge in [0.25, 0.3) is 0 Å². The molecule has 1 atom stereocenters. The topological polar surface area (TPSA) is 62.3 Å². The van der Waals surface area contributed by atoms with Crippen LogP contribution >= 0.6 is 0 Å². The molecule has 0 spiro atoms. The van der Waals surface area contributed by atoms with E-state index >= 15 is 0 Å². The van der Waals surface area contributed by atoms with Gasteiger partial charge >= 0.3 is 0 Å². The predicted octanol–water partition coefficient (Wildman–Crippen LogP) is 1.76. The fraction of sp³-hybridized carbons (Fsp3) is 0.643. The second kappa shape index (κ2) is 7.29. The number of aromatic nitrogens is 1. The number of sulfonamides is 1. The van der Waals surface area contributed by atoms with Crippen LogP contribution in [0.4, 0.5) is 4.39 Å². The average molecular weight is 315 g/mol. The number of nitrogens with one attached hydrogen (secondary N) is 1. The normalized spacial score (nSPS) is 20.6. The van der Waals surface area contributed by atoms with Crippen molar-refractivity contribution >= 4 is 10.0 Å². The molecule has 1 aromatic rings. The van der Waals surface area contributed by atoms with Gasteiger partial charge < -0.3 is 5.32 Å². The molecule has 5 nitrogen and oxygen atoms in total. The van der Waals surface area contributed by atoms with Crippen molar-refractivity contribution in [3.05, 3.63) is 24.3 Å². The first-order valence-corrected chi connectivity index (χ1v) is 8.83. The molecule has 1 fully saturated rings. The highest BCUT2D eigenvalue weighted by Crippen LogP contribution is 2.25. The quantitative estimate of drug-likeness (QED) is 0.813. The second-order valence-electron chi connectivity index (χ2n) is 5.31. The highest BCUT2D eigenvalue weighted by atomic mass is 32.2. The summed E-state index contributed by atoms with van der Waals surface area (Å²) >= 11 is 0. The average Bonchev–Trinajstić information content (AvgIpc) is 2.48. The van der Waals surface area contributed by atoms with Gasteiger partial charge in [-0.15, -0.1) is 0 Å². The zero-order valence-corrected chi connectivity index (χ0v) is 13.1. The van der Waals surface area contributed by atoms with Gasteiger partial charge in [0.05, 0.1) is 6.20 Å². The summed E-state index contributed by atoms with van der Waals surface area (Å²) in [4.78, 5) is 3.58. The number of halogens is 1. The minimum absolute atomic E-state index is 0.0649. The van der Waals surface area contributed by atoms with Gasteiger partial charge in [0.1, 0.15) is 10.7 Å². The van der Waals surface area contributed by atoms with Crippen LogP contribution in [0.5, 0.6) is 0 Å². The van der Waals surface area contributed by atoms with Gasteiger partial charge in [-0.05, 0) is 31.9 Å². The Morgan fingerprint density at radius 3 is 2.95 bits per heavy atom. The largest absolute Gasteiger partial charge is 0.315 e. The number of pyridine rings is 1. The lowest BCUT2D eigenvalue weighted by atomic mass is 10.1. The summed E-state index contributed by atoms with van der Waals surface area (Å²) in [6.45, 7) is 4.06. The summed E-state index contributed by atoms with van der Waals surface area (Å²) in [5, 5.41) is 3.27. The summed E-state index contributed by atoms with van der Waals surface area (Å²) in [7, 11) is -3.68. The Kier molecular flexibility index (Phi) is 5.66. The standard InChI is InChI=1S/C14H22FN3O2S/c1-2-6-16-10-13-5-3-4-7-18(13)21(19,20)14-8-12(15)9-17-11-14/h8-9,11,13,16H,2-7,10H2,1H3. The molecule has 1 N–H and O–H groups in total. The molecule has 2 heterocycles. The number of hydrogen-bond donors (Lipinski definition) is 1. The predicted molar refractivity (Wildman–Crippen MR) is 78.9 cm³/mol. The highest BCUT2D eigenvalue weighted by Gasteiger charge is 2.33. The Balaban J connectivity index is 2.19. The molecule has 0 aliphatic carbocycles. The van der Waals surface area contributed by atoms with E-state index in [-0.39, 0.29) is 10.9 Å². The zero-order valence-electron chi connectivity index (χ0n) is 12.3. The van der Waals surface area contributed by atoms with Crippen molar-refractivity contribution in [3.8, 4) is 0 Å². The molecule has 1 unspecified atom stereocenters. The summed E-state index contributed by atoms with van der Waals surface area (Å²) < 4.78 is 40.1. The molecule has 118 valence electrons. The molecule has 1 aliphatic heterocycles. The van der Waals surface area contributed by atoms with E-state index in [0.29, 0.717) is 13.1 Å². The van der Waals surface area contributed by atoms with Gasteiger partial charge in [0.15, 0.2) is 0 Å². The molecule has 7 heteroatoms. The molecule has 1 aliphatic rings. The number of rotatable bonds is 6. The maximum absolute atomic E-state index is 13.3. The van der Waals surface area contributed by atoms with Crippen LogP contribution in [0.2, 0.25) is 0 Å². The molecule has 0 saturated carbocycles. The van der Waals surface area contributed by atoms with E-state index in [1.54, 1.807) is 0 Å². The molecule has 0 aromatic carbocycles. The fourth-order valence-corrected chi connectivity index (χ4v) is 4.28. The smallest absolute Gasteiger partial charge is 0.245 e. The molecule has 1 aromatic heterocycles. The van der Waals surface area contributed by atoms with Crippen LogP contribution < -0.4 is 5.32 Å². The first-order chi connectivity index (χ1) is 10.1. The maximum Gasteiger partial charge on any atom is 0.245 e. The van der Waals surface area contributed by atoms with E-state index in [4.69, 9.17) is 0 Å². The Morgan fingerprint density at radius 2 is 2.24 bits per heavy atom. The summed E-state index contributed by atoms with van der Waals surface area (Å²) in [6.07, 6.45) is 5.92.